The fourth-order valence-electron chi connectivity index (χ4n) is 1.92. The Morgan fingerprint density at radius 1 is 1.40 bits per heavy atom. The fraction of sp³-hybridized carbons (Fsp3) is 0.500. The first kappa shape index (κ1) is 14.8. The lowest BCUT2D eigenvalue weighted by atomic mass is 10.2. The average Bonchev–Trinajstić information content (AvgIpc) is 2.48. The minimum Gasteiger partial charge on any atom is -0.491 e. The maximum absolute atomic E-state index is 11.0. The second-order valence-electron chi connectivity index (χ2n) is 4.42. The molecule has 20 heavy (non-hydrogen) atoms. The van der Waals surface area contributed by atoms with E-state index in [4.69, 9.17) is 19.3 Å². The molecule has 1 saturated heterocycles. The van der Waals surface area contributed by atoms with Crippen molar-refractivity contribution in [1.82, 2.24) is 5.32 Å². The Kier molecular flexibility index (Phi) is 5.79. The molecule has 0 aromatic heterocycles. The molecule has 1 heterocycles. The summed E-state index contributed by atoms with van der Waals surface area (Å²) in [5, 5.41) is 12.2. The third-order valence-corrected chi connectivity index (χ3v) is 2.91. The molecular weight excluding hydrogens is 262 g/mol. The lowest BCUT2D eigenvalue weighted by Crippen LogP contribution is -2.38. The summed E-state index contributed by atoms with van der Waals surface area (Å²) in [6.07, 6.45) is 0.0788. The smallest absolute Gasteiger partial charge is 0.339 e. The topological polar surface area (TPSA) is 77.0 Å². The molecule has 1 aromatic rings. The zero-order chi connectivity index (χ0) is 14.2. The van der Waals surface area contributed by atoms with Gasteiger partial charge in [0, 0.05) is 13.1 Å². The minimum absolute atomic E-state index is 0.0788. The first-order valence-corrected chi connectivity index (χ1v) is 6.62. The van der Waals surface area contributed by atoms with Crippen molar-refractivity contribution in [2.75, 3.05) is 39.5 Å². The fourth-order valence-corrected chi connectivity index (χ4v) is 1.92. The number of para-hydroxylation sites is 1. The number of hydrogen-bond donors (Lipinski definition) is 2. The van der Waals surface area contributed by atoms with E-state index in [1.54, 1.807) is 18.2 Å². The second-order valence-corrected chi connectivity index (χ2v) is 4.42. The molecule has 110 valence electrons. The van der Waals surface area contributed by atoms with Crippen LogP contribution in [0.25, 0.3) is 0 Å². The first-order valence-electron chi connectivity index (χ1n) is 6.62. The Morgan fingerprint density at radius 3 is 3.00 bits per heavy atom. The van der Waals surface area contributed by atoms with Crippen LogP contribution in [-0.2, 0) is 9.47 Å². The highest BCUT2D eigenvalue weighted by Crippen LogP contribution is 2.17. The van der Waals surface area contributed by atoms with Gasteiger partial charge >= 0.3 is 5.97 Å². The Morgan fingerprint density at radius 2 is 2.25 bits per heavy atom. The molecule has 1 aliphatic rings. The van der Waals surface area contributed by atoms with Crippen LogP contribution < -0.4 is 10.1 Å². The average molecular weight is 281 g/mol. The van der Waals surface area contributed by atoms with Crippen LogP contribution in [0, 0.1) is 0 Å². The monoisotopic (exact) mass is 281 g/mol. The standard InChI is InChI=1S/C14H19NO5/c16-14(17)12-3-1-2-4-13(12)20-6-5-15-9-11-10-18-7-8-19-11/h1-4,11,15H,5-10H2,(H,16,17). The second kappa shape index (κ2) is 7.84. The van der Waals surface area contributed by atoms with Gasteiger partial charge in [-0.1, -0.05) is 12.1 Å². The van der Waals surface area contributed by atoms with Crippen molar-refractivity contribution in [3.05, 3.63) is 29.8 Å². The highest BCUT2D eigenvalue weighted by Gasteiger charge is 2.13. The molecule has 2 N–H and O–H groups in total. The molecule has 0 radical (unpaired) electrons. The molecule has 1 aromatic carbocycles. The van der Waals surface area contributed by atoms with Gasteiger partial charge in [-0.2, -0.15) is 0 Å². The van der Waals surface area contributed by atoms with E-state index in [0.29, 0.717) is 45.3 Å². The van der Waals surface area contributed by atoms with Crippen molar-refractivity contribution in [3.63, 3.8) is 0 Å². The lowest BCUT2D eigenvalue weighted by Gasteiger charge is -2.23. The number of hydrogen-bond acceptors (Lipinski definition) is 5. The predicted molar refractivity (Wildman–Crippen MR) is 72.3 cm³/mol. The third kappa shape index (κ3) is 4.48. The molecule has 0 aliphatic carbocycles. The van der Waals surface area contributed by atoms with Crippen molar-refractivity contribution >= 4 is 5.97 Å². The summed E-state index contributed by atoms with van der Waals surface area (Å²) in [7, 11) is 0. The third-order valence-electron chi connectivity index (χ3n) is 2.91. The number of ether oxygens (including phenoxy) is 3. The summed E-state index contributed by atoms with van der Waals surface area (Å²) in [6.45, 7) is 3.62. The van der Waals surface area contributed by atoms with Crippen LogP contribution >= 0.6 is 0 Å². The summed E-state index contributed by atoms with van der Waals surface area (Å²) in [5.74, 6) is -0.597. The van der Waals surface area contributed by atoms with Gasteiger partial charge in [0.1, 0.15) is 17.9 Å². The highest BCUT2D eigenvalue weighted by molar-refractivity contribution is 5.90. The molecular formula is C14H19NO5. The van der Waals surface area contributed by atoms with E-state index in [1.807, 2.05) is 0 Å². The highest BCUT2D eigenvalue weighted by atomic mass is 16.6. The maximum atomic E-state index is 11.0. The van der Waals surface area contributed by atoms with Crippen LogP contribution in [0.2, 0.25) is 0 Å². The number of rotatable bonds is 7. The number of nitrogens with one attached hydrogen (secondary N) is 1. The number of benzene rings is 1. The molecule has 0 amide bonds. The Bertz CT molecular complexity index is 431. The van der Waals surface area contributed by atoms with Gasteiger partial charge in [-0.05, 0) is 12.1 Å². The van der Waals surface area contributed by atoms with Gasteiger partial charge in [0.2, 0.25) is 0 Å². The van der Waals surface area contributed by atoms with Crippen molar-refractivity contribution < 1.29 is 24.1 Å². The molecule has 1 unspecified atom stereocenters. The molecule has 6 heteroatoms. The maximum Gasteiger partial charge on any atom is 0.339 e. The number of carboxylic acids is 1. The lowest BCUT2D eigenvalue weighted by molar-refractivity contribution is -0.0864. The van der Waals surface area contributed by atoms with Crippen molar-refractivity contribution in [2.24, 2.45) is 0 Å². The van der Waals surface area contributed by atoms with E-state index in [0.717, 1.165) is 0 Å². The van der Waals surface area contributed by atoms with Crippen molar-refractivity contribution in [3.8, 4) is 5.75 Å². The van der Waals surface area contributed by atoms with Gasteiger partial charge in [-0.25, -0.2) is 4.79 Å². The summed E-state index contributed by atoms with van der Waals surface area (Å²) in [4.78, 5) is 11.0. The molecule has 1 aliphatic heterocycles. The number of aromatic carboxylic acids is 1. The summed E-state index contributed by atoms with van der Waals surface area (Å²) < 4.78 is 16.2. The van der Waals surface area contributed by atoms with E-state index in [9.17, 15) is 4.79 Å². The number of carbonyl (C=O) groups is 1. The van der Waals surface area contributed by atoms with Gasteiger partial charge in [-0.3, -0.25) is 0 Å². The molecule has 1 atom stereocenters. The van der Waals surface area contributed by atoms with E-state index >= 15 is 0 Å². The van der Waals surface area contributed by atoms with Crippen LogP contribution in [0.4, 0.5) is 0 Å². The van der Waals surface area contributed by atoms with Crippen LogP contribution in [0.1, 0.15) is 10.4 Å². The van der Waals surface area contributed by atoms with E-state index in [2.05, 4.69) is 5.32 Å². The Hall–Kier alpha value is -1.63. The van der Waals surface area contributed by atoms with E-state index in [1.165, 1.54) is 6.07 Å². The molecule has 6 nitrogen and oxygen atoms in total. The Labute approximate surface area is 117 Å². The van der Waals surface area contributed by atoms with Crippen LogP contribution in [0.5, 0.6) is 5.75 Å². The van der Waals surface area contributed by atoms with Crippen LogP contribution in [-0.4, -0.2) is 56.7 Å². The van der Waals surface area contributed by atoms with E-state index in [-0.39, 0.29) is 11.7 Å². The van der Waals surface area contributed by atoms with Crippen molar-refractivity contribution in [2.45, 2.75) is 6.10 Å². The summed E-state index contributed by atoms with van der Waals surface area (Å²) in [5.41, 5.74) is 0.177. The molecule has 0 saturated carbocycles. The van der Waals surface area contributed by atoms with Gasteiger partial charge in [-0.15, -0.1) is 0 Å². The van der Waals surface area contributed by atoms with Crippen LogP contribution in [0.3, 0.4) is 0 Å². The van der Waals surface area contributed by atoms with Gasteiger partial charge in [0.25, 0.3) is 0 Å². The van der Waals surface area contributed by atoms with Gasteiger partial charge in [0.05, 0.1) is 25.9 Å². The zero-order valence-corrected chi connectivity index (χ0v) is 11.2. The van der Waals surface area contributed by atoms with Gasteiger partial charge < -0.3 is 24.6 Å². The molecule has 0 bridgehead atoms. The molecule has 0 spiro atoms. The summed E-state index contributed by atoms with van der Waals surface area (Å²) in [6, 6.07) is 6.61. The van der Waals surface area contributed by atoms with Gasteiger partial charge in [0.15, 0.2) is 0 Å². The molecule has 2 rings (SSSR count). The summed E-state index contributed by atoms with van der Waals surface area (Å²) >= 11 is 0. The largest absolute Gasteiger partial charge is 0.491 e. The van der Waals surface area contributed by atoms with E-state index < -0.39 is 5.97 Å². The predicted octanol–water partition coefficient (Wildman–Crippen LogP) is 0.769. The molecule has 1 fully saturated rings. The minimum atomic E-state index is -0.985. The van der Waals surface area contributed by atoms with Crippen molar-refractivity contribution in [1.29, 1.82) is 0 Å². The quantitative estimate of drug-likeness (QED) is 0.719. The van der Waals surface area contributed by atoms with Crippen LogP contribution in [0.15, 0.2) is 24.3 Å². The number of carboxylic acid groups (broad SMARTS) is 1. The Balaban J connectivity index is 1.67. The first-order chi connectivity index (χ1) is 9.77. The normalized spacial score (nSPS) is 18.7. The zero-order valence-electron chi connectivity index (χ0n) is 11.2. The SMILES string of the molecule is O=C(O)c1ccccc1OCCNCC1COCCO1.